The molecule has 0 aliphatic heterocycles. The summed E-state index contributed by atoms with van der Waals surface area (Å²) in [7, 11) is 0. The van der Waals surface area contributed by atoms with Gasteiger partial charge in [-0.25, -0.2) is 0 Å². The third-order valence-corrected chi connectivity index (χ3v) is 2.02. The average molecular weight is 200 g/mol. The van der Waals surface area contributed by atoms with Crippen LogP contribution in [0.2, 0.25) is 0 Å². The molecule has 1 nitrogen and oxygen atoms in total. The van der Waals surface area contributed by atoms with Crippen LogP contribution in [0.15, 0.2) is 42.0 Å². The number of hydrogen-bond acceptors (Lipinski definition) is 1. The van der Waals surface area contributed by atoms with Gasteiger partial charge in [0.1, 0.15) is 0 Å². The first kappa shape index (κ1) is 11.4. The van der Waals surface area contributed by atoms with Crippen LogP contribution in [0.25, 0.3) is 6.08 Å². The van der Waals surface area contributed by atoms with E-state index in [0.29, 0.717) is 0 Å². The van der Waals surface area contributed by atoms with Gasteiger partial charge in [-0.3, -0.25) is 4.79 Å². The summed E-state index contributed by atoms with van der Waals surface area (Å²) in [6, 6.07) is 8.27. The zero-order valence-electron chi connectivity index (χ0n) is 9.45. The minimum absolute atomic E-state index is 0.0759. The second-order valence-corrected chi connectivity index (χ2v) is 3.75. The van der Waals surface area contributed by atoms with Crippen molar-refractivity contribution in [1.29, 1.82) is 0 Å². The maximum absolute atomic E-state index is 10.7. The van der Waals surface area contributed by atoms with Crippen LogP contribution in [-0.4, -0.2) is 5.78 Å². The van der Waals surface area contributed by atoms with Crippen molar-refractivity contribution in [2.75, 3.05) is 0 Å². The fraction of sp³-hybridized carbons (Fsp3) is 0.214. The molecule has 0 heterocycles. The summed E-state index contributed by atoms with van der Waals surface area (Å²) in [5.74, 6) is 0.0759. The highest BCUT2D eigenvalue weighted by Crippen LogP contribution is 2.09. The number of rotatable bonds is 3. The molecule has 0 fully saturated rings. The summed E-state index contributed by atoms with van der Waals surface area (Å²) in [6.07, 6.45) is 5.48. The molecular formula is C14H16O. The third-order valence-electron chi connectivity index (χ3n) is 2.02. The van der Waals surface area contributed by atoms with E-state index in [1.807, 2.05) is 19.1 Å². The molecule has 1 aromatic carbocycles. The largest absolute Gasteiger partial charge is 0.295 e. The monoisotopic (exact) mass is 200 g/mol. The van der Waals surface area contributed by atoms with Gasteiger partial charge in [0.15, 0.2) is 5.78 Å². The van der Waals surface area contributed by atoms with Crippen LogP contribution in [0, 0.1) is 6.92 Å². The van der Waals surface area contributed by atoms with Crippen molar-refractivity contribution in [3.63, 3.8) is 0 Å². The SMILES string of the molecule is CC(=O)/C=C/C(C)=C/c1cccc(C)c1. The first-order chi connectivity index (χ1) is 7.08. The zero-order chi connectivity index (χ0) is 11.3. The Morgan fingerprint density at radius 3 is 2.53 bits per heavy atom. The minimum atomic E-state index is 0.0759. The second kappa shape index (κ2) is 5.30. The highest BCUT2D eigenvalue weighted by molar-refractivity contribution is 5.87. The van der Waals surface area contributed by atoms with Crippen LogP contribution in [0.1, 0.15) is 25.0 Å². The summed E-state index contributed by atoms with van der Waals surface area (Å²) in [6.45, 7) is 5.61. The topological polar surface area (TPSA) is 17.1 Å². The molecule has 0 amide bonds. The molecule has 0 N–H and O–H groups in total. The minimum Gasteiger partial charge on any atom is -0.295 e. The van der Waals surface area contributed by atoms with Crippen LogP contribution in [-0.2, 0) is 4.79 Å². The zero-order valence-corrected chi connectivity index (χ0v) is 9.45. The molecule has 0 aliphatic carbocycles. The first-order valence-corrected chi connectivity index (χ1v) is 5.01. The summed E-state index contributed by atoms with van der Waals surface area (Å²) in [5.41, 5.74) is 3.49. The van der Waals surface area contributed by atoms with Crippen LogP contribution in [0.5, 0.6) is 0 Å². The van der Waals surface area contributed by atoms with Crippen molar-refractivity contribution >= 4 is 11.9 Å². The van der Waals surface area contributed by atoms with Crippen molar-refractivity contribution in [1.82, 2.24) is 0 Å². The molecule has 1 heteroatoms. The van der Waals surface area contributed by atoms with Gasteiger partial charge in [0.2, 0.25) is 0 Å². The molecule has 1 rings (SSSR count). The molecule has 1 aromatic rings. The number of carbonyl (C=O) groups excluding carboxylic acids is 1. The van der Waals surface area contributed by atoms with E-state index in [4.69, 9.17) is 0 Å². The Morgan fingerprint density at radius 2 is 1.93 bits per heavy atom. The smallest absolute Gasteiger partial charge is 0.152 e. The number of aryl methyl sites for hydroxylation is 1. The Morgan fingerprint density at radius 1 is 1.20 bits per heavy atom. The molecule has 0 atom stereocenters. The number of benzene rings is 1. The molecular weight excluding hydrogens is 184 g/mol. The highest BCUT2D eigenvalue weighted by atomic mass is 16.1. The van der Waals surface area contributed by atoms with Crippen molar-refractivity contribution < 1.29 is 4.79 Å². The summed E-state index contributed by atoms with van der Waals surface area (Å²) in [5, 5.41) is 0. The lowest BCUT2D eigenvalue weighted by Crippen LogP contribution is -1.81. The van der Waals surface area contributed by atoms with Crippen molar-refractivity contribution in [3.05, 3.63) is 53.1 Å². The van der Waals surface area contributed by atoms with E-state index in [0.717, 1.165) is 5.57 Å². The Bertz CT molecular complexity index is 411. The van der Waals surface area contributed by atoms with E-state index in [9.17, 15) is 4.79 Å². The average Bonchev–Trinajstić information content (AvgIpc) is 2.15. The standard InChI is InChI=1S/C14H16O/c1-11-5-4-6-14(9-11)10-12(2)7-8-13(3)15/h4-10H,1-3H3/b8-7+,12-10+. The van der Waals surface area contributed by atoms with Crippen molar-refractivity contribution in [3.8, 4) is 0 Å². The van der Waals surface area contributed by atoms with Crippen LogP contribution in [0.4, 0.5) is 0 Å². The fourth-order valence-electron chi connectivity index (χ4n) is 1.32. The molecule has 0 unspecified atom stereocenters. The molecule has 0 aromatic heterocycles. The van der Waals surface area contributed by atoms with Crippen molar-refractivity contribution in [2.45, 2.75) is 20.8 Å². The molecule has 0 saturated heterocycles. The summed E-state index contributed by atoms with van der Waals surface area (Å²) in [4.78, 5) is 10.7. The Hall–Kier alpha value is -1.63. The lowest BCUT2D eigenvalue weighted by Gasteiger charge is -1.97. The van der Waals surface area contributed by atoms with Crippen molar-refractivity contribution in [2.24, 2.45) is 0 Å². The Balaban J connectivity index is 2.83. The Labute approximate surface area is 91.1 Å². The van der Waals surface area contributed by atoms with Crippen LogP contribution in [0.3, 0.4) is 0 Å². The quantitative estimate of drug-likeness (QED) is 0.538. The van der Waals surface area contributed by atoms with Gasteiger partial charge in [-0.15, -0.1) is 0 Å². The molecule has 0 aliphatic rings. The van der Waals surface area contributed by atoms with Crippen LogP contribution >= 0.6 is 0 Å². The van der Waals surface area contributed by atoms with E-state index < -0.39 is 0 Å². The number of carbonyl (C=O) groups is 1. The third kappa shape index (κ3) is 4.41. The van der Waals surface area contributed by atoms with E-state index in [1.165, 1.54) is 11.1 Å². The number of ketones is 1. The van der Waals surface area contributed by atoms with Gasteiger partial charge < -0.3 is 0 Å². The van der Waals surface area contributed by atoms with E-state index in [2.05, 4.69) is 31.2 Å². The maximum atomic E-state index is 10.7. The fourth-order valence-corrected chi connectivity index (χ4v) is 1.32. The second-order valence-electron chi connectivity index (χ2n) is 3.75. The van der Waals surface area contributed by atoms with Gasteiger partial charge in [0, 0.05) is 0 Å². The first-order valence-electron chi connectivity index (χ1n) is 5.01. The number of allylic oxidation sites excluding steroid dienone is 3. The highest BCUT2D eigenvalue weighted by Gasteiger charge is 1.89. The predicted molar refractivity (Wildman–Crippen MR) is 64.7 cm³/mol. The maximum Gasteiger partial charge on any atom is 0.152 e. The van der Waals surface area contributed by atoms with E-state index >= 15 is 0 Å². The van der Waals surface area contributed by atoms with Gasteiger partial charge in [-0.1, -0.05) is 47.6 Å². The molecule has 0 saturated carbocycles. The molecule has 78 valence electrons. The van der Waals surface area contributed by atoms with Gasteiger partial charge >= 0.3 is 0 Å². The van der Waals surface area contributed by atoms with Gasteiger partial charge in [0.25, 0.3) is 0 Å². The van der Waals surface area contributed by atoms with Gasteiger partial charge in [-0.2, -0.15) is 0 Å². The van der Waals surface area contributed by atoms with E-state index in [1.54, 1.807) is 13.0 Å². The molecule has 15 heavy (non-hydrogen) atoms. The normalized spacial score (nSPS) is 12.1. The van der Waals surface area contributed by atoms with Crippen LogP contribution < -0.4 is 0 Å². The lowest BCUT2D eigenvalue weighted by atomic mass is 10.1. The Kier molecular flexibility index (Phi) is 4.04. The lowest BCUT2D eigenvalue weighted by molar-refractivity contribution is -0.112. The summed E-state index contributed by atoms with van der Waals surface area (Å²) < 4.78 is 0. The van der Waals surface area contributed by atoms with Gasteiger partial charge in [-0.05, 0) is 32.4 Å². The van der Waals surface area contributed by atoms with Gasteiger partial charge in [0.05, 0.1) is 0 Å². The number of hydrogen-bond donors (Lipinski definition) is 0. The summed E-state index contributed by atoms with van der Waals surface area (Å²) >= 11 is 0. The predicted octanol–water partition coefficient (Wildman–Crippen LogP) is 3.54. The molecule has 0 radical (unpaired) electrons. The molecule has 0 spiro atoms. The van der Waals surface area contributed by atoms with E-state index in [-0.39, 0.29) is 5.78 Å². The molecule has 0 bridgehead atoms.